The number of rotatable bonds is 4. The number of nitrogens with zero attached hydrogens (tertiary/aromatic N) is 3. The summed E-state index contributed by atoms with van der Waals surface area (Å²) >= 11 is 6.16. The number of benzene rings is 1. The number of halogens is 1. The molecule has 0 aliphatic carbocycles. The first-order valence-electron chi connectivity index (χ1n) is 7.20. The molecule has 22 heavy (non-hydrogen) atoms. The normalized spacial score (nSPS) is 17.6. The summed E-state index contributed by atoms with van der Waals surface area (Å²) in [4.78, 5) is 12.3. The van der Waals surface area contributed by atoms with E-state index in [0.717, 1.165) is 13.0 Å². The molecule has 1 N–H and O–H groups in total. The highest BCUT2D eigenvalue weighted by molar-refractivity contribution is 6.32. The van der Waals surface area contributed by atoms with Gasteiger partial charge in [-0.1, -0.05) is 28.9 Å². The van der Waals surface area contributed by atoms with Gasteiger partial charge in [0, 0.05) is 19.1 Å². The van der Waals surface area contributed by atoms with E-state index < -0.39 is 0 Å². The van der Waals surface area contributed by atoms with Crippen LogP contribution in [0.2, 0.25) is 5.02 Å². The van der Waals surface area contributed by atoms with Gasteiger partial charge in [0.15, 0.2) is 5.69 Å². The highest BCUT2D eigenvalue weighted by Crippen LogP contribution is 2.21. The van der Waals surface area contributed by atoms with Gasteiger partial charge in [-0.15, -0.1) is 5.10 Å². The monoisotopic (exact) mass is 320 g/mol. The van der Waals surface area contributed by atoms with Crippen molar-refractivity contribution in [2.24, 2.45) is 5.92 Å². The van der Waals surface area contributed by atoms with E-state index >= 15 is 0 Å². The van der Waals surface area contributed by atoms with Crippen molar-refractivity contribution in [2.45, 2.75) is 13.3 Å². The van der Waals surface area contributed by atoms with E-state index in [1.165, 1.54) is 0 Å². The molecule has 3 rings (SSSR count). The first-order valence-corrected chi connectivity index (χ1v) is 7.57. The molecule has 0 spiro atoms. The highest BCUT2D eigenvalue weighted by atomic mass is 35.5. The molecular weight excluding hydrogens is 304 g/mol. The van der Waals surface area contributed by atoms with Gasteiger partial charge in [0.25, 0.3) is 5.91 Å². The highest BCUT2D eigenvalue weighted by Gasteiger charge is 2.21. The lowest BCUT2D eigenvalue weighted by Crippen LogP contribution is -2.30. The maximum atomic E-state index is 12.3. The molecule has 116 valence electrons. The molecular formula is C15H17ClN4O2. The van der Waals surface area contributed by atoms with Crippen LogP contribution in [0, 0.1) is 12.8 Å². The van der Waals surface area contributed by atoms with Crippen LogP contribution in [0.15, 0.2) is 24.3 Å². The first-order chi connectivity index (χ1) is 10.7. The van der Waals surface area contributed by atoms with Gasteiger partial charge >= 0.3 is 0 Å². The van der Waals surface area contributed by atoms with Crippen LogP contribution < -0.4 is 5.32 Å². The minimum Gasteiger partial charge on any atom is -0.381 e. The maximum Gasteiger partial charge on any atom is 0.273 e. The largest absolute Gasteiger partial charge is 0.381 e. The quantitative estimate of drug-likeness (QED) is 0.935. The molecule has 1 aliphatic heterocycles. The van der Waals surface area contributed by atoms with Crippen molar-refractivity contribution in [3.8, 4) is 5.69 Å². The van der Waals surface area contributed by atoms with Gasteiger partial charge in [0.2, 0.25) is 0 Å². The average molecular weight is 321 g/mol. The molecule has 1 fully saturated rings. The Bertz CT molecular complexity index is 680. The summed E-state index contributed by atoms with van der Waals surface area (Å²) in [6.45, 7) is 3.86. The Morgan fingerprint density at radius 2 is 2.32 bits per heavy atom. The lowest BCUT2D eigenvalue weighted by atomic mass is 10.1. The number of ether oxygens (including phenoxy) is 1. The van der Waals surface area contributed by atoms with E-state index in [-0.39, 0.29) is 5.91 Å². The molecule has 1 atom stereocenters. The molecule has 2 heterocycles. The van der Waals surface area contributed by atoms with Crippen molar-refractivity contribution >= 4 is 17.5 Å². The van der Waals surface area contributed by atoms with E-state index in [0.29, 0.717) is 41.2 Å². The summed E-state index contributed by atoms with van der Waals surface area (Å²) in [5.41, 5.74) is 1.68. The molecule has 1 aromatic carbocycles. The average Bonchev–Trinajstić information content (AvgIpc) is 3.15. The number of para-hydroxylation sites is 1. The second-order valence-electron chi connectivity index (χ2n) is 5.33. The van der Waals surface area contributed by atoms with Crippen LogP contribution in [-0.4, -0.2) is 40.7 Å². The third kappa shape index (κ3) is 2.98. The van der Waals surface area contributed by atoms with Crippen molar-refractivity contribution in [2.75, 3.05) is 19.8 Å². The number of hydrogen-bond donors (Lipinski definition) is 1. The fourth-order valence-electron chi connectivity index (χ4n) is 2.46. The van der Waals surface area contributed by atoms with Gasteiger partial charge in [0.05, 0.1) is 23.0 Å². The minimum atomic E-state index is -0.220. The van der Waals surface area contributed by atoms with Crippen LogP contribution in [0.5, 0.6) is 0 Å². The molecule has 0 unspecified atom stereocenters. The molecule has 0 saturated carbocycles. The topological polar surface area (TPSA) is 69.0 Å². The van der Waals surface area contributed by atoms with E-state index in [9.17, 15) is 4.79 Å². The van der Waals surface area contributed by atoms with Crippen LogP contribution in [-0.2, 0) is 4.74 Å². The summed E-state index contributed by atoms with van der Waals surface area (Å²) in [5, 5.41) is 11.5. The van der Waals surface area contributed by atoms with E-state index in [4.69, 9.17) is 16.3 Å². The Morgan fingerprint density at radius 3 is 3.05 bits per heavy atom. The molecule has 6 nitrogen and oxygen atoms in total. The molecule has 1 amide bonds. The Labute approximate surface area is 133 Å². The van der Waals surface area contributed by atoms with Gasteiger partial charge in [-0.3, -0.25) is 4.79 Å². The minimum absolute atomic E-state index is 0.220. The first kappa shape index (κ1) is 15.0. The van der Waals surface area contributed by atoms with Crippen LogP contribution in [0.4, 0.5) is 0 Å². The van der Waals surface area contributed by atoms with Gasteiger partial charge in [-0.25, -0.2) is 4.68 Å². The lowest BCUT2D eigenvalue weighted by molar-refractivity contribution is 0.0939. The molecule has 1 aliphatic rings. The molecule has 1 aromatic heterocycles. The van der Waals surface area contributed by atoms with Crippen molar-refractivity contribution in [1.29, 1.82) is 0 Å². The predicted octanol–water partition coefficient (Wildman–Crippen LogP) is 2.00. The molecule has 7 heteroatoms. The van der Waals surface area contributed by atoms with Gasteiger partial charge < -0.3 is 10.1 Å². The molecule has 2 aromatic rings. The van der Waals surface area contributed by atoms with Crippen LogP contribution >= 0.6 is 11.6 Å². The smallest absolute Gasteiger partial charge is 0.273 e. The summed E-state index contributed by atoms with van der Waals surface area (Å²) in [6.07, 6.45) is 0.978. The summed E-state index contributed by atoms with van der Waals surface area (Å²) < 4.78 is 6.88. The second kappa shape index (κ2) is 6.46. The van der Waals surface area contributed by atoms with E-state index in [1.807, 2.05) is 18.2 Å². The van der Waals surface area contributed by atoms with Gasteiger partial charge in [-0.05, 0) is 25.5 Å². The van der Waals surface area contributed by atoms with E-state index in [2.05, 4.69) is 15.6 Å². The number of carbonyl (C=O) groups excluding carboxylic acids is 1. The van der Waals surface area contributed by atoms with Crippen molar-refractivity contribution in [1.82, 2.24) is 20.3 Å². The number of carbonyl (C=O) groups is 1. The number of amides is 1. The zero-order valence-corrected chi connectivity index (χ0v) is 13.0. The molecule has 0 radical (unpaired) electrons. The molecule has 1 saturated heterocycles. The fourth-order valence-corrected chi connectivity index (χ4v) is 2.67. The van der Waals surface area contributed by atoms with Gasteiger partial charge in [-0.2, -0.15) is 0 Å². The van der Waals surface area contributed by atoms with Crippen LogP contribution in [0.3, 0.4) is 0 Å². The summed E-state index contributed by atoms with van der Waals surface area (Å²) in [5.74, 6) is 0.158. The third-order valence-corrected chi connectivity index (χ3v) is 4.09. The van der Waals surface area contributed by atoms with Crippen molar-refractivity contribution in [3.05, 3.63) is 40.7 Å². The Hall–Kier alpha value is -1.92. The van der Waals surface area contributed by atoms with E-state index in [1.54, 1.807) is 17.7 Å². The fraction of sp³-hybridized carbons (Fsp3) is 0.400. The Morgan fingerprint density at radius 1 is 1.50 bits per heavy atom. The van der Waals surface area contributed by atoms with Crippen LogP contribution in [0.1, 0.15) is 22.6 Å². The van der Waals surface area contributed by atoms with Gasteiger partial charge in [0.1, 0.15) is 0 Å². The molecule has 0 bridgehead atoms. The third-order valence-electron chi connectivity index (χ3n) is 3.77. The zero-order chi connectivity index (χ0) is 15.5. The number of hydrogen-bond acceptors (Lipinski definition) is 4. The maximum absolute atomic E-state index is 12.3. The van der Waals surface area contributed by atoms with Crippen molar-refractivity contribution in [3.63, 3.8) is 0 Å². The SMILES string of the molecule is Cc1c(C(=O)NC[C@@H]2CCOC2)nnn1-c1ccccc1Cl. The van der Waals surface area contributed by atoms with Crippen LogP contribution in [0.25, 0.3) is 5.69 Å². The Balaban J connectivity index is 1.75. The van der Waals surface area contributed by atoms with Crippen molar-refractivity contribution < 1.29 is 9.53 Å². The lowest BCUT2D eigenvalue weighted by Gasteiger charge is -2.09. The Kier molecular flexibility index (Phi) is 4.40. The second-order valence-corrected chi connectivity index (χ2v) is 5.73. The zero-order valence-electron chi connectivity index (χ0n) is 12.3. The summed E-state index contributed by atoms with van der Waals surface area (Å²) in [7, 11) is 0. The number of nitrogens with one attached hydrogen (secondary N) is 1. The predicted molar refractivity (Wildman–Crippen MR) is 82.4 cm³/mol. The standard InChI is InChI=1S/C15H17ClN4O2/c1-10-14(15(21)17-8-11-6-7-22-9-11)18-19-20(10)13-5-3-2-4-12(13)16/h2-5,11H,6-9H2,1H3,(H,17,21)/t11-/m0/s1. The number of aromatic nitrogens is 3. The summed E-state index contributed by atoms with van der Waals surface area (Å²) in [6, 6.07) is 7.32.